The quantitative estimate of drug-likeness (QED) is 0.865. The maximum Gasteiger partial charge on any atom is 0.148 e. The molecular formula is C11H12ClFO2. The molecule has 1 saturated carbocycles. The summed E-state index contributed by atoms with van der Waals surface area (Å²) in [6.07, 6.45) is 1.79. The molecular weight excluding hydrogens is 219 g/mol. The fraction of sp³-hybridized carbons (Fsp3) is 0.455. The van der Waals surface area contributed by atoms with Gasteiger partial charge in [0.1, 0.15) is 16.6 Å². The first-order chi connectivity index (χ1) is 7.06. The fourth-order valence-electron chi connectivity index (χ4n) is 1.54. The third-order valence-electron chi connectivity index (χ3n) is 2.69. The zero-order chi connectivity index (χ0) is 11.1. The molecule has 0 saturated heterocycles. The summed E-state index contributed by atoms with van der Waals surface area (Å²) < 4.78 is 18.6. The maximum absolute atomic E-state index is 13.7. The standard InChI is InChI=1S/C11H12ClFO2/c1-15-8-3-2-7(10(13)9(8)12)6-11(14)4-5-11/h2-3,14H,4-6H2,1H3. The molecule has 0 heterocycles. The molecule has 4 heteroatoms. The van der Waals surface area contributed by atoms with E-state index in [1.165, 1.54) is 7.11 Å². The third kappa shape index (κ3) is 2.08. The molecule has 1 aliphatic carbocycles. The smallest absolute Gasteiger partial charge is 0.148 e. The molecule has 0 amide bonds. The van der Waals surface area contributed by atoms with Crippen LogP contribution in [-0.2, 0) is 6.42 Å². The summed E-state index contributed by atoms with van der Waals surface area (Å²) in [6.45, 7) is 0. The van der Waals surface area contributed by atoms with E-state index in [-0.39, 0.29) is 5.02 Å². The van der Waals surface area contributed by atoms with Crippen LogP contribution in [0, 0.1) is 5.82 Å². The minimum absolute atomic E-state index is 0.0146. The zero-order valence-corrected chi connectivity index (χ0v) is 9.14. The lowest BCUT2D eigenvalue weighted by Crippen LogP contribution is -2.12. The number of hydrogen-bond acceptors (Lipinski definition) is 2. The SMILES string of the molecule is COc1ccc(CC2(O)CC2)c(F)c1Cl. The van der Waals surface area contributed by atoms with Gasteiger partial charge in [-0.2, -0.15) is 0 Å². The molecule has 1 fully saturated rings. The maximum atomic E-state index is 13.7. The van der Waals surface area contributed by atoms with E-state index in [0.29, 0.717) is 17.7 Å². The van der Waals surface area contributed by atoms with Crippen LogP contribution in [0.25, 0.3) is 0 Å². The molecule has 0 aromatic heterocycles. The van der Waals surface area contributed by atoms with Crippen LogP contribution in [0.4, 0.5) is 4.39 Å². The van der Waals surface area contributed by atoms with E-state index in [1.807, 2.05) is 0 Å². The van der Waals surface area contributed by atoms with E-state index in [4.69, 9.17) is 16.3 Å². The molecule has 0 unspecified atom stereocenters. The molecule has 1 N–H and O–H groups in total. The van der Waals surface area contributed by atoms with Gasteiger partial charge in [0.25, 0.3) is 0 Å². The highest BCUT2D eigenvalue weighted by molar-refractivity contribution is 6.32. The monoisotopic (exact) mass is 230 g/mol. The largest absolute Gasteiger partial charge is 0.495 e. The Balaban J connectivity index is 2.29. The summed E-state index contributed by atoms with van der Waals surface area (Å²) in [6, 6.07) is 3.23. The van der Waals surface area contributed by atoms with Crippen molar-refractivity contribution >= 4 is 11.6 Å². The Morgan fingerprint density at radius 3 is 2.73 bits per heavy atom. The fourth-order valence-corrected chi connectivity index (χ4v) is 1.80. The van der Waals surface area contributed by atoms with Crippen molar-refractivity contribution in [2.75, 3.05) is 7.11 Å². The first kappa shape index (κ1) is 10.7. The number of halogens is 2. The van der Waals surface area contributed by atoms with Crippen LogP contribution in [0.5, 0.6) is 5.75 Å². The summed E-state index contributed by atoms with van der Waals surface area (Å²) in [7, 11) is 1.44. The molecule has 0 bridgehead atoms. The van der Waals surface area contributed by atoms with Crippen LogP contribution in [0.2, 0.25) is 5.02 Å². The van der Waals surface area contributed by atoms with Gasteiger partial charge in [-0.1, -0.05) is 17.7 Å². The third-order valence-corrected chi connectivity index (χ3v) is 3.05. The summed E-state index contributed by atoms with van der Waals surface area (Å²) in [4.78, 5) is 0. The second-order valence-corrected chi connectivity index (χ2v) is 4.33. The van der Waals surface area contributed by atoms with Crippen molar-refractivity contribution in [3.05, 3.63) is 28.5 Å². The Hall–Kier alpha value is -0.800. The summed E-state index contributed by atoms with van der Waals surface area (Å²) in [5, 5.41) is 9.67. The van der Waals surface area contributed by atoms with Gasteiger partial charge in [-0.05, 0) is 24.5 Å². The van der Waals surface area contributed by atoms with Gasteiger partial charge in [-0.15, -0.1) is 0 Å². The van der Waals surface area contributed by atoms with Gasteiger partial charge in [0, 0.05) is 6.42 Å². The van der Waals surface area contributed by atoms with Crippen LogP contribution in [-0.4, -0.2) is 17.8 Å². The molecule has 0 spiro atoms. The van der Waals surface area contributed by atoms with E-state index in [0.717, 1.165) is 12.8 Å². The van der Waals surface area contributed by atoms with Crippen LogP contribution in [0.3, 0.4) is 0 Å². The number of methoxy groups -OCH3 is 1. The van der Waals surface area contributed by atoms with E-state index in [1.54, 1.807) is 12.1 Å². The van der Waals surface area contributed by atoms with Crippen LogP contribution in [0.15, 0.2) is 12.1 Å². The minimum Gasteiger partial charge on any atom is -0.495 e. The number of rotatable bonds is 3. The van der Waals surface area contributed by atoms with Crippen molar-refractivity contribution in [2.45, 2.75) is 24.9 Å². The molecule has 0 atom stereocenters. The Labute approximate surface area is 92.6 Å². The Morgan fingerprint density at radius 2 is 2.20 bits per heavy atom. The summed E-state index contributed by atoms with van der Waals surface area (Å²) in [5.74, 6) is -0.169. The van der Waals surface area contributed by atoms with Gasteiger partial charge in [-0.3, -0.25) is 0 Å². The van der Waals surface area contributed by atoms with Gasteiger partial charge in [0.15, 0.2) is 0 Å². The minimum atomic E-state index is -0.710. The van der Waals surface area contributed by atoms with E-state index >= 15 is 0 Å². The number of hydrogen-bond donors (Lipinski definition) is 1. The topological polar surface area (TPSA) is 29.5 Å². The Morgan fingerprint density at radius 1 is 1.53 bits per heavy atom. The normalized spacial score (nSPS) is 17.6. The second-order valence-electron chi connectivity index (χ2n) is 3.96. The lowest BCUT2D eigenvalue weighted by Gasteiger charge is -2.11. The van der Waals surface area contributed by atoms with Crippen molar-refractivity contribution in [2.24, 2.45) is 0 Å². The van der Waals surface area contributed by atoms with Crippen molar-refractivity contribution in [3.8, 4) is 5.75 Å². The molecule has 1 aliphatic rings. The number of benzene rings is 1. The van der Waals surface area contributed by atoms with E-state index in [9.17, 15) is 9.50 Å². The van der Waals surface area contributed by atoms with Crippen LogP contribution in [0.1, 0.15) is 18.4 Å². The number of ether oxygens (including phenoxy) is 1. The average Bonchev–Trinajstić information content (AvgIpc) is 2.92. The molecule has 0 radical (unpaired) electrons. The molecule has 2 rings (SSSR count). The van der Waals surface area contributed by atoms with Crippen LogP contribution < -0.4 is 4.74 Å². The van der Waals surface area contributed by atoms with Gasteiger partial charge < -0.3 is 9.84 Å². The highest BCUT2D eigenvalue weighted by Crippen LogP contribution is 2.40. The van der Waals surface area contributed by atoms with Gasteiger partial charge in [0.05, 0.1) is 12.7 Å². The Bertz CT molecular complexity index is 388. The molecule has 15 heavy (non-hydrogen) atoms. The highest BCUT2D eigenvalue weighted by atomic mass is 35.5. The average molecular weight is 231 g/mol. The Kier molecular flexibility index (Phi) is 2.61. The van der Waals surface area contributed by atoms with Crippen molar-refractivity contribution in [1.82, 2.24) is 0 Å². The highest BCUT2D eigenvalue weighted by Gasteiger charge is 2.41. The molecule has 1 aromatic carbocycles. The van der Waals surface area contributed by atoms with Crippen molar-refractivity contribution < 1.29 is 14.2 Å². The van der Waals surface area contributed by atoms with Gasteiger partial charge in [0.2, 0.25) is 0 Å². The van der Waals surface area contributed by atoms with Crippen LogP contribution >= 0.6 is 11.6 Å². The molecule has 2 nitrogen and oxygen atoms in total. The predicted octanol–water partition coefficient (Wildman–Crippen LogP) is 2.56. The molecule has 1 aromatic rings. The van der Waals surface area contributed by atoms with E-state index in [2.05, 4.69) is 0 Å². The molecule has 82 valence electrons. The van der Waals surface area contributed by atoms with E-state index < -0.39 is 11.4 Å². The first-order valence-electron chi connectivity index (χ1n) is 4.79. The number of aliphatic hydroxyl groups is 1. The predicted molar refractivity (Wildman–Crippen MR) is 55.8 cm³/mol. The summed E-state index contributed by atoms with van der Waals surface area (Å²) >= 11 is 5.77. The molecule has 0 aliphatic heterocycles. The van der Waals surface area contributed by atoms with Crippen molar-refractivity contribution in [3.63, 3.8) is 0 Å². The lowest BCUT2D eigenvalue weighted by atomic mass is 10.1. The van der Waals surface area contributed by atoms with Gasteiger partial charge >= 0.3 is 0 Å². The second kappa shape index (κ2) is 3.65. The first-order valence-corrected chi connectivity index (χ1v) is 5.17. The van der Waals surface area contributed by atoms with Gasteiger partial charge in [-0.25, -0.2) is 4.39 Å². The zero-order valence-electron chi connectivity index (χ0n) is 8.39. The van der Waals surface area contributed by atoms with Crippen molar-refractivity contribution in [1.29, 1.82) is 0 Å². The lowest BCUT2D eigenvalue weighted by molar-refractivity contribution is 0.149. The summed E-state index contributed by atoms with van der Waals surface area (Å²) in [5.41, 5.74) is -0.264.